The zero-order valence-corrected chi connectivity index (χ0v) is 8.77. The van der Waals surface area contributed by atoms with E-state index in [2.05, 4.69) is 4.74 Å². The number of carbonyl (C=O) groups is 1. The van der Waals surface area contributed by atoms with Crippen molar-refractivity contribution in [2.75, 3.05) is 7.11 Å². The molecule has 0 radical (unpaired) electrons. The van der Waals surface area contributed by atoms with Gasteiger partial charge in [-0.3, -0.25) is 4.79 Å². The lowest BCUT2D eigenvalue weighted by Crippen LogP contribution is -2.13. The Kier molecular flexibility index (Phi) is 7.84. The predicted octanol–water partition coefficient (Wildman–Crippen LogP) is 1.82. The number of ether oxygens (including phenoxy) is 1. The van der Waals surface area contributed by atoms with Gasteiger partial charge in [0.2, 0.25) is 0 Å². The number of carbonyl (C=O) groups excluding carboxylic acids is 1. The van der Waals surface area contributed by atoms with E-state index in [9.17, 15) is 9.90 Å². The van der Waals surface area contributed by atoms with E-state index in [1.54, 1.807) is 0 Å². The summed E-state index contributed by atoms with van der Waals surface area (Å²) in [6, 6.07) is 0. The van der Waals surface area contributed by atoms with E-state index in [0.29, 0.717) is 6.42 Å². The van der Waals surface area contributed by atoms with Crippen LogP contribution in [0.2, 0.25) is 0 Å². The molecule has 0 saturated carbocycles. The molecule has 0 heterocycles. The van der Waals surface area contributed by atoms with Gasteiger partial charge in [-0.2, -0.15) is 0 Å². The lowest BCUT2D eigenvalue weighted by Gasteiger charge is -2.06. The van der Waals surface area contributed by atoms with E-state index >= 15 is 0 Å². The molecule has 0 saturated heterocycles. The first-order chi connectivity index (χ1) is 6.70. The minimum absolute atomic E-state index is 0.0773. The summed E-state index contributed by atoms with van der Waals surface area (Å²) >= 11 is 0. The number of allylic oxidation sites excluding steroid dienone is 4. The fourth-order valence-corrected chi connectivity index (χ4v) is 0.952. The number of aliphatic hydroxyl groups is 1. The molecule has 0 bridgehead atoms. The molecule has 0 aromatic rings. The molecule has 0 aromatic heterocycles. The maximum atomic E-state index is 10.7. The Morgan fingerprint density at radius 1 is 1.50 bits per heavy atom. The van der Waals surface area contributed by atoms with Crippen LogP contribution in [-0.2, 0) is 9.53 Å². The average Bonchev–Trinajstić information content (AvgIpc) is 2.17. The van der Waals surface area contributed by atoms with Gasteiger partial charge in [-0.15, -0.1) is 0 Å². The Balaban J connectivity index is 3.53. The van der Waals surface area contributed by atoms with E-state index < -0.39 is 6.10 Å². The first kappa shape index (κ1) is 12.9. The molecule has 0 aliphatic rings. The summed E-state index contributed by atoms with van der Waals surface area (Å²) in [5.41, 5.74) is 0. The molecule has 0 amide bonds. The van der Waals surface area contributed by atoms with Crippen molar-refractivity contribution in [2.24, 2.45) is 0 Å². The highest BCUT2D eigenvalue weighted by molar-refractivity contribution is 5.69. The van der Waals surface area contributed by atoms with Crippen molar-refractivity contribution in [3.63, 3.8) is 0 Å². The summed E-state index contributed by atoms with van der Waals surface area (Å²) in [4.78, 5) is 10.7. The van der Waals surface area contributed by atoms with Crippen LogP contribution in [0.25, 0.3) is 0 Å². The number of esters is 1. The first-order valence-electron chi connectivity index (χ1n) is 4.73. The van der Waals surface area contributed by atoms with Crippen LogP contribution in [0.3, 0.4) is 0 Å². The van der Waals surface area contributed by atoms with Crippen LogP contribution in [0.4, 0.5) is 0 Å². The van der Waals surface area contributed by atoms with Gasteiger partial charge in [0.1, 0.15) is 0 Å². The predicted molar refractivity (Wildman–Crippen MR) is 55.8 cm³/mol. The van der Waals surface area contributed by atoms with Gasteiger partial charge in [-0.25, -0.2) is 0 Å². The van der Waals surface area contributed by atoms with Gasteiger partial charge in [0.15, 0.2) is 0 Å². The van der Waals surface area contributed by atoms with Crippen LogP contribution in [-0.4, -0.2) is 24.3 Å². The maximum Gasteiger partial charge on any atom is 0.308 e. The Labute approximate surface area is 85.1 Å². The third-order valence-electron chi connectivity index (χ3n) is 1.74. The van der Waals surface area contributed by atoms with Crippen LogP contribution < -0.4 is 0 Å². The van der Waals surface area contributed by atoms with Crippen LogP contribution in [0.15, 0.2) is 24.3 Å². The second-order valence-electron chi connectivity index (χ2n) is 2.97. The number of hydrogen-bond donors (Lipinski definition) is 1. The summed E-state index contributed by atoms with van der Waals surface area (Å²) in [5.74, 6) is -0.366. The van der Waals surface area contributed by atoms with Crippen molar-refractivity contribution >= 4 is 5.97 Å². The summed E-state index contributed by atoms with van der Waals surface area (Å²) < 4.78 is 4.44. The summed E-state index contributed by atoms with van der Waals surface area (Å²) in [7, 11) is 1.32. The van der Waals surface area contributed by atoms with Crippen molar-refractivity contribution in [1.29, 1.82) is 0 Å². The van der Waals surface area contributed by atoms with Crippen LogP contribution >= 0.6 is 0 Å². The SMILES string of the molecule is C/C=C/C=C\CCC(O)CC(=O)OC. The maximum absolute atomic E-state index is 10.7. The van der Waals surface area contributed by atoms with Gasteiger partial charge in [0.25, 0.3) is 0 Å². The Hall–Kier alpha value is -1.09. The fourth-order valence-electron chi connectivity index (χ4n) is 0.952. The van der Waals surface area contributed by atoms with Gasteiger partial charge in [0.05, 0.1) is 19.6 Å². The van der Waals surface area contributed by atoms with Gasteiger partial charge in [-0.1, -0.05) is 24.3 Å². The van der Waals surface area contributed by atoms with E-state index in [-0.39, 0.29) is 12.4 Å². The summed E-state index contributed by atoms with van der Waals surface area (Å²) in [6.07, 6.45) is 8.57. The molecule has 1 N–H and O–H groups in total. The highest BCUT2D eigenvalue weighted by Gasteiger charge is 2.09. The van der Waals surface area contributed by atoms with Crippen molar-refractivity contribution in [3.05, 3.63) is 24.3 Å². The van der Waals surface area contributed by atoms with Crippen LogP contribution in [0, 0.1) is 0 Å². The lowest BCUT2D eigenvalue weighted by molar-refractivity contribution is -0.142. The number of methoxy groups -OCH3 is 1. The lowest BCUT2D eigenvalue weighted by atomic mass is 10.1. The van der Waals surface area contributed by atoms with E-state index in [1.165, 1.54) is 7.11 Å². The largest absolute Gasteiger partial charge is 0.469 e. The summed E-state index contributed by atoms with van der Waals surface area (Å²) in [6.45, 7) is 1.94. The fraction of sp³-hybridized carbons (Fsp3) is 0.545. The van der Waals surface area contributed by atoms with Crippen molar-refractivity contribution < 1.29 is 14.6 Å². The van der Waals surface area contributed by atoms with E-state index in [1.807, 2.05) is 31.2 Å². The molecule has 3 nitrogen and oxygen atoms in total. The van der Waals surface area contributed by atoms with Crippen LogP contribution in [0.5, 0.6) is 0 Å². The number of hydrogen-bond acceptors (Lipinski definition) is 3. The van der Waals surface area contributed by atoms with Crippen LogP contribution in [0.1, 0.15) is 26.2 Å². The molecular weight excluding hydrogens is 180 g/mol. The van der Waals surface area contributed by atoms with Gasteiger partial charge >= 0.3 is 5.97 Å². The van der Waals surface area contributed by atoms with Crippen molar-refractivity contribution in [2.45, 2.75) is 32.3 Å². The molecule has 0 rings (SSSR count). The topological polar surface area (TPSA) is 46.5 Å². The number of aliphatic hydroxyl groups excluding tert-OH is 1. The van der Waals surface area contributed by atoms with Crippen molar-refractivity contribution in [1.82, 2.24) is 0 Å². The summed E-state index contributed by atoms with van der Waals surface area (Å²) in [5, 5.41) is 9.35. The smallest absolute Gasteiger partial charge is 0.308 e. The molecule has 0 aromatic carbocycles. The molecular formula is C11H18O3. The highest BCUT2D eigenvalue weighted by atomic mass is 16.5. The second-order valence-corrected chi connectivity index (χ2v) is 2.97. The molecule has 1 atom stereocenters. The molecule has 1 unspecified atom stereocenters. The number of rotatable bonds is 6. The molecule has 14 heavy (non-hydrogen) atoms. The normalized spacial score (nSPS) is 13.6. The van der Waals surface area contributed by atoms with Gasteiger partial charge in [-0.05, 0) is 19.8 Å². The molecule has 0 spiro atoms. The molecule has 80 valence electrons. The molecule has 0 aliphatic carbocycles. The quantitative estimate of drug-likeness (QED) is 0.523. The van der Waals surface area contributed by atoms with Crippen molar-refractivity contribution in [3.8, 4) is 0 Å². The molecule has 0 fully saturated rings. The molecule has 0 aliphatic heterocycles. The minimum atomic E-state index is -0.599. The first-order valence-corrected chi connectivity index (χ1v) is 4.73. The van der Waals surface area contributed by atoms with Gasteiger partial charge < -0.3 is 9.84 Å². The minimum Gasteiger partial charge on any atom is -0.469 e. The Morgan fingerprint density at radius 2 is 2.21 bits per heavy atom. The Bertz CT molecular complexity index is 207. The molecule has 3 heteroatoms. The van der Waals surface area contributed by atoms with Gasteiger partial charge in [0, 0.05) is 0 Å². The Morgan fingerprint density at radius 3 is 2.79 bits per heavy atom. The van der Waals surface area contributed by atoms with E-state index in [0.717, 1.165) is 6.42 Å². The zero-order valence-electron chi connectivity index (χ0n) is 8.77. The third kappa shape index (κ3) is 7.55. The monoisotopic (exact) mass is 198 g/mol. The van der Waals surface area contributed by atoms with E-state index in [4.69, 9.17) is 0 Å². The second kappa shape index (κ2) is 8.51. The average molecular weight is 198 g/mol. The zero-order chi connectivity index (χ0) is 10.8. The standard InChI is InChI=1S/C11H18O3/c1-3-4-5-6-7-8-10(12)9-11(13)14-2/h3-6,10,12H,7-9H2,1-2H3/b4-3+,6-5-. The third-order valence-corrected chi connectivity index (χ3v) is 1.74. The highest BCUT2D eigenvalue weighted by Crippen LogP contribution is 2.03.